The molecular formula is C19H22N4O3. The molecule has 0 fully saturated rings. The smallest absolute Gasteiger partial charge is 0.253 e. The van der Waals surface area contributed by atoms with Crippen molar-refractivity contribution in [3.63, 3.8) is 0 Å². The highest BCUT2D eigenvalue weighted by Gasteiger charge is 2.09. The van der Waals surface area contributed by atoms with E-state index < -0.39 is 0 Å². The molecule has 0 radical (unpaired) electrons. The van der Waals surface area contributed by atoms with E-state index in [2.05, 4.69) is 16.0 Å². The number of hydrogen-bond acceptors (Lipinski definition) is 4. The van der Waals surface area contributed by atoms with Crippen molar-refractivity contribution in [1.29, 1.82) is 0 Å². The van der Waals surface area contributed by atoms with Gasteiger partial charge in [0.25, 0.3) is 5.91 Å². The lowest BCUT2D eigenvalue weighted by atomic mass is 10.2. The van der Waals surface area contributed by atoms with Gasteiger partial charge in [0.05, 0.1) is 6.54 Å². The van der Waals surface area contributed by atoms with E-state index in [9.17, 15) is 14.4 Å². The molecule has 2 rings (SSSR count). The van der Waals surface area contributed by atoms with Crippen LogP contribution in [0.5, 0.6) is 0 Å². The molecule has 0 aromatic heterocycles. The Bertz CT molecular complexity index is 818. The SMILES string of the molecule is CC(=O)Nc1cccc(NCC(=O)Nc2cccc(C(=O)N(C)C)c2)c1. The lowest BCUT2D eigenvalue weighted by Gasteiger charge is -2.12. The number of anilines is 3. The van der Waals surface area contributed by atoms with Crippen molar-refractivity contribution in [2.24, 2.45) is 0 Å². The van der Waals surface area contributed by atoms with Gasteiger partial charge >= 0.3 is 0 Å². The summed E-state index contributed by atoms with van der Waals surface area (Å²) in [5.41, 5.74) is 2.42. The van der Waals surface area contributed by atoms with E-state index in [1.165, 1.54) is 11.8 Å². The van der Waals surface area contributed by atoms with E-state index in [0.29, 0.717) is 22.6 Å². The maximum absolute atomic E-state index is 12.1. The van der Waals surface area contributed by atoms with Crippen molar-refractivity contribution in [3.05, 3.63) is 54.1 Å². The standard InChI is InChI=1S/C19H22N4O3/c1-13(24)21-17-9-5-7-15(11-17)20-12-18(25)22-16-8-4-6-14(10-16)19(26)23(2)3/h4-11,20H,12H2,1-3H3,(H,21,24)(H,22,25). The molecule has 0 saturated heterocycles. The minimum atomic E-state index is -0.246. The van der Waals surface area contributed by atoms with Crippen LogP contribution in [0.4, 0.5) is 17.1 Å². The summed E-state index contributed by atoms with van der Waals surface area (Å²) >= 11 is 0. The van der Waals surface area contributed by atoms with E-state index in [0.717, 1.165) is 0 Å². The van der Waals surface area contributed by atoms with Crippen LogP contribution >= 0.6 is 0 Å². The van der Waals surface area contributed by atoms with Crippen molar-refractivity contribution in [2.75, 3.05) is 36.6 Å². The molecule has 0 saturated carbocycles. The van der Waals surface area contributed by atoms with Gasteiger partial charge in [-0.15, -0.1) is 0 Å². The third kappa shape index (κ3) is 5.62. The zero-order valence-corrected chi connectivity index (χ0v) is 15.0. The van der Waals surface area contributed by atoms with Crippen molar-refractivity contribution in [3.8, 4) is 0 Å². The van der Waals surface area contributed by atoms with Crippen molar-refractivity contribution < 1.29 is 14.4 Å². The number of nitrogens with one attached hydrogen (secondary N) is 3. The Hall–Kier alpha value is -3.35. The molecule has 7 nitrogen and oxygen atoms in total. The molecule has 26 heavy (non-hydrogen) atoms. The number of carbonyl (C=O) groups is 3. The molecule has 2 aromatic carbocycles. The molecule has 0 heterocycles. The number of rotatable bonds is 6. The summed E-state index contributed by atoms with van der Waals surface area (Å²) in [6.45, 7) is 1.48. The Kier molecular flexibility index (Phi) is 6.32. The fraction of sp³-hybridized carbons (Fsp3) is 0.211. The fourth-order valence-electron chi connectivity index (χ4n) is 2.29. The summed E-state index contributed by atoms with van der Waals surface area (Å²) in [5, 5.41) is 8.43. The molecule has 0 atom stereocenters. The molecule has 3 amide bonds. The lowest BCUT2D eigenvalue weighted by molar-refractivity contribution is -0.115. The Balaban J connectivity index is 1.94. The number of benzene rings is 2. The Morgan fingerprint density at radius 1 is 0.885 bits per heavy atom. The third-order valence-corrected chi connectivity index (χ3v) is 3.44. The van der Waals surface area contributed by atoms with Gasteiger partial charge in [-0.3, -0.25) is 14.4 Å². The van der Waals surface area contributed by atoms with Crippen LogP contribution in [0.2, 0.25) is 0 Å². The fourth-order valence-corrected chi connectivity index (χ4v) is 2.29. The third-order valence-electron chi connectivity index (χ3n) is 3.44. The van der Waals surface area contributed by atoms with Crippen molar-refractivity contribution in [2.45, 2.75) is 6.92 Å². The van der Waals surface area contributed by atoms with E-state index in [4.69, 9.17) is 0 Å². The van der Waals surface area contributed by atoms with Crippen LogP contribution in [0.1, 0.15) is 17.3 Å². The van der Waals surface area contributed by atoms with E-state index in [1.54, 1.807) is 62.6 Å². The van der Waals surface area contributed by atoms with Gasteiger partial charge in [0.1, 0.15) is 0 Å². The minimum Gasteiger partial charge on any atom is -0.376 e. The number of carbonyl (C=O) groups excluding carboxylic acids is 3. The normalized spacial score (nSPS) is 9.96. The first-order chi connectivity index (χ1) is 12.3. The summed E-state index contributed by atoms with van der Waals surface area (Å²) in [5.74, 6) is -0.537. The second kappa shape index (κ2) is 8.66. The van der Waals surface area contributed by atoms with Gasteiger partial charge in [-0.25, -0.2) is 0 Å². The van der Waals surface area contributed by atoms with Gasteiger partial charge < -0.3 is 20.9 Å². The molecule has 2 aromatic rings. The molecule has 0 aliphatic carbocycles. The average molecular weight is 354 g/mol. The summed E-state index contributed by atoms with van der Waals surface area (Å²) < 4.78 is 0. The topological polar surface area (TPSA) is 90.5 Å². The molecule has 0 spiro atoms. The largest absolute Gasteiger partial charge is 0.376 e. The van der Waals surface area contributed by atoms with E-state index in [1.807, 2.05) is 0 Å². The Morgan fingerprint density at radius 2 is 1.50 bits per heavy atom. The molecular weight excluding hydrogens is 332 g/mol. The first-order valence-corrected chi connectivity index (χ1v) is 8.08. The van der Waals surface area contributed by atoms with Gasteiger partial charge in [0, 0.05) is 43.6 Å². The zero-order valence-electron chi connectivity index (χ0n) is 15.0. The summed E-state index contributed by atoms with van der Waals surface area (Å²) in [6, 6.07) is 13.9. The highest BCUT2D eigenvalue weighted by molar-refractivity contribution is 5.98. The van der Waals surface area contributed by atoms with Gasteiger partial charge in [0.2, 0.25) is 11.8 Å². The maximum atomic E-state index is 12.1. The van der Waals surface area contributed by atoms with Crippen LogP contribution in [0.3, 0.4) is 0 Å². The van der Waals surface area contributed by atoms with Gasteiger partial charge in [0.15, 0.2) is 0 Å². The average Bonchev–Trinajstić information content (AvgIpc) is 2.59. The van der Waals surface area contributed by atoms with Crippen LogP contribution in [0, 0.1) is 0 Å². The van der Waals surface area contributed by atoms with Crippen LogP contribution in [0.15, 0.2) is 48.5 Å². The molecule has 0 aliphatic heterocycles. The van der Waals surface area contributed by atoms with Gasteiger partial charge in [-0.1, -0.05) is 12.1 Å². The van der Waals surface area contributed by atoms with Crippen molar-refractivity contribution in [1.82, 2.24) is 4.90 Å². The van der Waals surface area contributed by atoms with Crippen LogP contribution in [-0.2, 0) is 9.59 Å². The minimum absolute atomic E-state index is 0.0510. The number of nitrogens with zero attached hydrogens (tertiary/aromatic N) is 1. The van der Waals surface area contributed by atoms with Gasteiger partial charge in [-0.05, 0) is 36.4 Å². The molecule has 136 valence electrons. The first kappa shape index (κ1) is 19.0. The highest BCUT2D eigenvalue weighted by Crippen LogP contribution is 2.15. The monoisotopic (exact) mass is 354 g/mol. The number of amides is 3. The summed E-state index contributed by atoms with van der Waals surface area (Å²) in [6.07, 6.45) is 0. The Labute approximate surface area is 152 Å². The second-order valence-electron chi connectivity index (χ2n) is 5.94. The predicted octanol–water partition coefficient (Wildman–Crippen LogP) is 2.40. The lowest BCUT2D eigenvalue weighted by Crippen LogP contribution is -2.23. The molecule has 7 heteroatoms. The van der Waals surface area contributed by atoms with E-state index in [-0.39, 0.29) is 24.3 Å². The Morgan fingerprint density at radius 3 is 2.15 bits per heavy atom. The second-order valence-corrected chi connectivity index (χ2v) is 5.94. The molecule has 0 unspecified atom stereocenters. The molecule has 0 bridgehead atoms. The van der Waals surface area contributed by atoms with Crippen LogP contribution < -0.4 is 16.0 Å². The number of hydrogen-bond donors (Lipinski definition) is 3. The molecule has 3 N–H and O–H groups in total. The van der Waals surface area contributed by atoms with Crippen LogP contribution in [-0.4, -0.2) is 43.3 Å². The molecule has 0 aliphatic rings. The predicted molar refractivity (Wildman–Crippen MR) is 102 cm³/mol. The van der Waals surface area contributed by atoms with Gasteiger partial charge in [-0.2, -0.15) is 0 Å². The maximum Gasteiger partial charge on any atom is 0.253 e. The summed E-state index contributed by atoms with van der Waals surface area (Å²) in [4.78, 5) is 36.7. The highest BCUT2D eigenvalue weighted by atomic mass is 16.2. The van der Waals surface area contributed by atoms with E-state index >= 15 is 0 Å². The first-order valence-electron chi connectivity index (χ1n) is 8.08. The van der Waals surface area contributed by atoms with Crippen molar-refractivity contribution >= 4 is 34.8 Å². The summed E-state index contributed by atoms with van der Waals surface area (Å²) in [7, 11) is 3.35. The zero-order chi connectivity index (χ0) is 19.1. The van der Waals surface area contributed by atoms with Crippen LogP contribution in [0.25, 0.3) is 0 Å². The quantitative estimate of drug-likeness (QED) is 0.743.